The monoisotopic (exact) mass is 270 g/mol. The van der Waals surface area contributed by atoms with E-state index in [0.717, 1.165) is 11.0 Å². The van der Waals surface area contributed by atoms with Gasteiger partial charge in [0.15, 0.2) is 0 Å². The third-order valence-electron chi connectivity index (χ3n) is 2.12. The summed E-state index contributed by atoms with van der Waals surface area (Å²) in [6.45, 7) is 0. The number of benzene rings is 2. The normalized spacial score (nSPS) is 10.5. The number of rotatable bonds is 3. The Hall–Kier alpha value is -1.06. The summed E-state index contributed by atoms with van der Waals surface area (Å²) in [6.07, 6.45) is 0. The van der Waals surface area contributed by atoms with Crippen LogP contribution in [-0.4, -0.2) is 0 Å². The van der Waals surface area contributed by atoms with Gasteiger partial charge in [0, 0.05) is 21.7 Å². The molecule has 0 aromatic heterocycles. The highest BCUT2D eigenvalue weighted by atomic mass is 35.5. The molecule has 0 spiro atoms. The summed E-state index contributed by atoms with van der Waals surface area (Å²) < 4.78 is 25.9. The molecular formula is C13H9ClF2S. The standard InChI is InChI=1S/C13H9ClF2S/c14-10-2-1-3-13(6-10)17-8-9-4-11(15)7-12(16)5-9/h1-7H,8H2. The smallest absolute Gasteiger partial charge is 0.126 e. The second-order valence-corrected chi connectivity index (χ2v) is 5.01. The fourth-order valence-electron chi connectivity index (χ4n) is 1.42. The van der Waals surface area contributed by atoms with E-state index in [1.807, 2.05) is 18.2 Å². The van der Waals surface area contributed by atoms with Crippen molar-refractivity contribution in [3.05, 3.63) is 64.7 Å². The molecule has 0 aliphatic heterocycles. The van der Waals surface area contributed by atoms with E-state index in [9.17, 15) is 8.78 Å². The molecule has 0 saturated carbocycles. The molecule has 0 N–H and O–H groups in total. The molecule has 2 aromatic carbocycles. The van der Waals surface area contributed by atoms with E-state index in [-0.39, 0.29) is 0 Å². The number of thioether (sulfide) groups is 1. The largest absolute Gasteiger partial charge is 0.207 e. The zero-order valence-corrected chi connectivity index (χ0v) is 10.4. The average molecular weight is 271 g/mol. The molecule has 0 unspecified atom stereocenters. The molecule has 2 rings (SSSR count). The van der Waals surface area contributed by atoms with Crippen LogP contribution in [-0.2, 0) is 5.75 Å². The van der Waals surface area contributed by atoms with Gasteiger partial charge in [-0.2, -0.15) is 0 Å². The molecule has 0 aliphatic rings. The molecule has 17 heavy (non-hydrogen) atoms. The molecule has 0 aliphatic carbocycles. The Labute approximate surface area is 108 Å². The molecule has 0 nitrogen and oxygen atoms in total. The summed E-state index contributed by atoms with van der Waals surface area (Å²) in [4.78, 5) is 0.974. The lowest BCUT2D eigenvalue weighted by molar-refractivity contribution is 0.581. The fraction of sp³-hybridized carbons (Fsp3) is 0.0769. The van der Waals surface area contributed by atoms with Gasteiger partial charge in [0.1, 0.15) is 11.6 Å². The SMILES string of the molecule is Fc1cc(F)cc(CSc2cccc(Cl)c2)c1. The fourth-order valence-corrected chi connectivity index (χ4v) is 2.56. The van der Waals surface area contributed by atoms with Gasteiger partial charge in [-0.05, 0) is 35.9 Å². The van der Waals surface area contributed by atoms with E-state index >= 15 is 0 Å². The lowest BCUT2D eigenvalue weighted by atomic mass is 10.2. The van der Waals surface area contributed by atoms with Crippen molar-refractivity contribution in [2.24, 2.45) is 0 Å². The minimum Gasteiger partial charge on any atom is -0.207 e. The molecule has 2 aromatic rings. The minimum atomic E-state index is -0.549. The Bertz CT molecular complexity index is 508. The predicted molar refractivity (Wildman–Crippen MR) is 67.4 cm³/mol. The van der Waals surface area contributed by atoms with Crippen LogP contribution in [0.5, 0.6) is 0 Å². The van der Waals surface area contributed by atoms with Crippen LogP contribution in [0.2, 0.25) is 5.02 Å². The number of halogens is 3. The van der Waals surface area contributed by atoms with Crippen molar-refractivity contribution in [2.45, 2.75) is 10.6 Å². The van der Waals surface area contributed by atoms with Gasteiger partial charge in [0.05, 0.1) is 0 Å². The first-order chi connectivity index (χ1) is 8.13. The zero-order chi connectivity index (χ0) is 12.3. The van der Waals surface area contributed by atoms with Crippen molar-refractivity contribution >= 4 is 23.4 Å². The van der Waals surface area contributed by atoms with Crippen LogP contribution in [0.4, 0.5) is 8.78 Å². The van der Waals surface area contributed by atoms with Crippen LogP contribution in [0.3, 0.4) is 0 Å². The van der Waals surface area contributed by atoms with Crippen molar-refractivity contribution < 1.29 is 8.78 Å². The first-order valence-electron chi connectivity index (χ1n) is 4.97. The van der Waals surface area contributed by atoms with E-state index in [1.165, 1.54) is 23.9 Å². The van der Waals surface area contributed by atoms with Gasteiger partial charge in [-0.3, -0.25) is 0 Å². The molecule has 0 bridgehead atoms. The molecule has 0 amide bonds. The Balaban J connectivity index is 2.07. The maximum Gasteiger partial charge on any atom is 0.126 e. The molecule has 0 fully saturated rings. The minimum absolute atomic E-state index is 0.509. The highest BCUT2D eigenvalue weighted by Crippen LogP contribution is 2.25. The molecule has 0 saturated heterocycles. The Morgan fingerprint density at radius 3 is 2.35 bits per heavy atom. The zero-order valence-electron chi connectivity index (χ0n) is 8.79. The average Bonchev–Trinajstić information content (AvgIpc) is 2.25. The van der Waals surface area contributed by atoms with Crippen LogP contribution in [0.15, 0.2) is 47.4 Å². The summed E-state index contributed by atoms with van der Waals surface area (Å²) in [5.41, 5.74) is 0.618. The Morgan fingerprint density at radius 1 is 1.00 bits per heavy atom. The van der Waals surface area contributed by atoms with E-state index in [0.29, 0.717) is 16.3 Å². The van der Waals surface area contributed by atoms with E-state index in [1.54, 1.807) is 6.07 Å². The number of hydrogen-bond donors (Lipinski definition) is 0. The van der Waals surface area contributed by atoms with Gasteiger partial charge in [-0.15, -0.1) is 11.8 Å². The molecule has 0 radical (unpaired) electrons. The van der Waals surface area contributed by atoms with Gasteiger partial charge in [-0.1, -0.05) is 17.7 Å². The quantitative estimate of drug-likeness (QED) is 0.714. The first kappa shape index (κ1) is 12.4. The van der Waals surface area contributed by atoms with Gasteiger partial charge in [0.2, 0.25) is 0 Å². The summed E-state index contributed by atoms with van der Waals surface area (Å²) in [7, 11) is 0. The van der Waals surface area contributed by atoms with Gasteiger partial charge in [-0.25, -0.2) is 8.78 Å². The van der Waals surface area contributed by atoms with Crippen molar-refractivity contribution in [1.82, 2.24) is 0 Å². The molecule has 0 heterocycles. The predicted octanol–water partition coefficient (Wildman–Crippen LogP) is 4.91. The van der Waals surface area contributed by atoms with Gasteiger partial charge in [0.25, 0.3) is 0 Å². The summed E-state index contributed by atoms with van der Waals surface area (Å²) in [5, 5.41) is 0.653. The highest BCUT2D eigenvalue weighted by molar-refractivity contribution is 7.98. The van der Waals surface area contributed by atoms with Crippen LogP contribution in [0.1, 0.15) is 5.56 Å². The van der Waals surface area contributed by atoms with Crippen molar-refractivity contribution in [3.63, 3.8) is 0 Å². The van der Waals surface area contributed by atoms with Gasteiger partial charge >= 0.3 is 0 Å². The molecule has 88 valence electrons. The van der Waals surface area contributed by atoms with E-state index in [2.05, 4.69) is 0 Å². The van der Waals surface area contributed by atoms with Gasteiger partial charge < -0.3 is 0 Å². The van der Waals surface area contributed by atoms with Crippen LogP contribution < -0.4 is 0 Å². The van der Waals surface area contributed by atoms with Crippen molar-refractivity contribution in [1.29, 1.82) is 0 Å². The maximum atomic E-state index is 12.9. The van der Waals surface area contributed by atoms with Crippen molar-refractivity contribution in [2.75, 3.05) is 0 Å². The summed E-state index contributed by atoms with van der Waals surface area (Å²) >= 11 is 7.33. The Morgan fingerprint density at radius 2 is 1.71 bits per heavy atom. The second-order valence-electron chi connectivity index (χ2n) is 3.52. The summed E-state index contributed by atoms with van der Waals surface area (Å²) in [6, 6.07) is 10.9. The lowest BCUT2D eigenvalue weighted by Crippen LogP contribution is -1.86. The third kappa shape index (κ3) is 3.72. The summed E-state index contributed by atoms with van der Waals surface area (Å²) in [5.74, 6) is -0.590. The molecule has 4 heteroatoms. The Kier molecular flexibility index (Phi) is 4.02. The van der Waals surface area contributed by atoms with Crippen molar-refractivity contribution in [3.8, 4) is 0 Å². The third-order valence-corrected chi connectivity index (χ3v) is 3.42. The van der Waals surface area contributed by atoms with Crippen LogP contribution in [0.25, 0.3) is 0 Å². The second kappa shape index (κ2) is 5.52. The van der Waals surface area contributed by atoms with E-state index in [4.69, 9.17) is 11.6 Å². The van der Waals surface area contributed by atoms with Crippen LogP contribution in [0, 0.1) is 11.6 Å². The number of hydrogen-bond acceptors (Lipinski definition) is 1. The highest BCUT2D eigenvalue weighted by Gasteiger charge is 2.02. The molecule has 0 atom stereocenters. The maximum absolute atomic E-state index is 12.9. The lowest BCUT2D eigenvalue weighted by Gasteiger charge is -2.03. The van der Waals surface area contributed by atoms with E-state index < -0.39 is 11.6 Å². The first-order valence-corrected chi connectivity index (χ1v) is 6.33. The van der Waals surface area contributed by atoms with Crippen LogP contribution >= 0.6 is 23.4 Å². The molecular weight excluding hydrogens is 262 g/mol. The topological polar surface area (TPSA) is 0 Å².